The van der Waals surface area contributed by atoms with Crippen LogP contribution in [-0.4, -0.2) is 10.8 Å². The number of non-ortho nitro benzene ring substituents is 1. The molecule has 102 valence electrons. The van der Waals surface area contributed by atoms with E-state index in [-0.39, 0.29) is 11.3 Å². The van der Waals surface area contributed by atoms with Crippen molar-refractivity contribution in [1.29, 1.82) is 0 Å². The zero-order chi connectivity index (χ0) is 14.7. The van der Waals surface area contributed by atoms with Crippen LogP contribution < -0.4 is 5.32 Å². The first-order valence-electron chi connectivity index (χ1n) is 5.48. The summed E-state index contributed by atoms with van der Waals surface area (Å²) in [5.74, 6) is -0.965. The molecule has 0 heterocycles. The lowest BCUT2D eigenvalue weighted by atomic mass is 10.2. The number of benzene rings is 2. The van der Waals surface area contributed by atoms with Crippen LogP contribution in [0.1, 0.15) is 10.4 Å². The van der Waals surface area contributed by atoms with Crippen molar-refractivity contribution in [2.45, 2.75) is 0 Å². The van der Waals surface area contributed by atoms with Crippen molar-refractivity contribution >= 4 is 33.2 Å². The van der Waals surface area contributed by atoms with Gasteiger partial charge in [-0.15, -0.1) is 0 Å². The lowest BCUT2D eigenvalue weighted by Crippen LogP contribution is -2.11. The summed E-state index contributed by atoms with van der Waals surface area (Å²) in [5, 5.41) is 13.0. The van der Waals surface area contributed by atoms with Gasteiger partial charge in [0.25, 0.3) is 11.6 Å². The molecule has 0 atom stereocenters. The minimum atomic E-state index is -0.550. The SMILES string of the molecule is O=C(Nc1ccc(Br)c(F)c1)c1ccc([N+](=O)[O-])cc1. The van der Waals surface area contributed by atoms with Gasteiger partial charge in [0.15, 0.2) is 0 Å². The highest BCUT2D eigenvalue weighted by molar-refractivity contribution is 9.10. The molecular weight excluding hydrogens is 331 g/mol. The maximum Gasteiger partial charge on any atom is 0.269 e. The van der Waals surface area contributed by atoms with E-state index in [1.54, 1.807) is 0 Å². The molecular formula is C13H8BrFN2O3. The molecule has 2 aromatic rings. The topological polar surface area (TPSA) is 72.2 Å². The Morgan fingerprint density at radius 2 is 1.85 bits per heavy atom. The third kappa shape index (κ3) is 3.18. The van der Waals surface area contributed by atoms with Gasteiger partial charge in [-0.1, -0.05) is 0 Å². The van der Waals surface area contributed by atoms with E-state index in [1.807, 2.05) is 0 Å². The van der Waals surface area contributed by atoms with Crippen LogP contribution in [-0.2, 0) is 0 Å². The molecule has 1 amide bonds. The van der Waals surface area contributed by atoms with Crippen molar-refractivity contribution in [3.05, 3.63) is 68.4 Å². The number of nitrogens with zero attached hydrogens (tertiary/aromatic N) is 1. The number of anilines is 1. The molecule has 20 heavy (non-hydrogen) atoms. The molecule has 0 aliphatic rings. The summed E-state index contributed by atoms with van der Waals surface area (Å²) in [5.41, 5.74) is 0.448. The largest absolute Gasteiger partial charge is 0.322 e. The van der Waals surface area contributed by atoms with Gasteiger partial charge in [-0.2, -0.15) is 0 Å². The molecule has 7 heteroatoms. The fourth-order valence-electron chi connectivity index (χ4n) is 1.51. The maximum absolute atomic E-state index is 13.3. The summed E-state index contributed by atoms with van der Waals surface area (Å²) < 4.78 is 13.6. The molecule has 2 aromatic carbocycles. The van der Waals surface area contributed by atoms with Crippen LogP contribution in [0.3, 0.4) is 0 Å². The second-order valence-corrected chi connectivity index (χ2v) is 4.74. The predicted molar refractivity (Wildman–Crippen MR) is 75.1 cm³/mol. The van der Waals surface area contributed by atoms with Gasteiger partial charge in [0.2, 0.25) is 0 Å². The van der Waals surface area contributed by atoms with Crippen LogP contribution in [0.2, 0.25) is 0 Å². The number of nitro benzene ring substituents is 1. The molecule has 0 saturated carbocycles. The first kappa shape index (κ1) is 14.1. The first-order chi connectivity index (χ1) is 9.47. The van der Waals surface area contributed by atoms with Gasteiger partial charge in [-0.3, -0.25) is 14.9 Å². The number of hydrogen-bond donors (Lipinski definition) is 1. The Labute approximate surface area is 121 Å². The lowest BCUT2D eigenvalue weighted by Gasteiger charge is -2.05. The predicted octanol–water partition coefficient (Wildman–Crippen LogP) is 3.75. The summed E-state index contributed by atoms with van der Waals surface area (Å²) in [7, 11) is 0. The molecule has 0 aromatic heterocycles. The zero-order valence-electron chi connectivity index (χ0n) is 9.97. The highest BCUT2D eigenvalue weighted by Crippen LogP contribution is 2.20. The molecule has 2 rings (SSSR count). The monoisotopic (exact) mass is 338 g/mol. The molecule has 0 radical (unpaired) electrons. The van der Waals surface area contributed by atoms with Gasteiger partial charge < -0.3 is 5.32 Å². The Morgan fingerprint density at radius 3 is 2.40 bits per heavy atom. The molecule has 0 bridgehead atoms. The van der Waals surface area contributed by atoms with Crippen molar-refractivity contribution in [1.82, 2.24) is 0 Å². The minimum absolute atomic E-state index is 0.101. The third-order valence-electron chi connectivity index (χ3n) is 2.52. The van der Waals surface area contributed by atoms with Crippen LogP contribution in [0.15, 0.2) is 46.9 Å². The van der Waals surface area contributed by atoms with Gasteiger partial charge >= 0.3 is 0 Å². The fourth-order valence-corrected chi connectivity index (χ4v) is 1.76. The second kappa shape index (κ2) is 5.79. The van der Waals surface area contributed by atoms with E-state index < -0.39 is 16.6 Å². The van der Waals surface area contributed by atoms with Gasteiger partial charge in [-0.25, -0.2) is 4.39 Å². The zero-order valence-corrected chi connectivity index (χ0v) is 11.6. The van der Waals surface area contributed by atoms with Crippen LogP contribution in [0.4, 0.5) is 15.8 Å². The Balaban J connectivity index is 2.15. The number of nitrogens with one attached hydrogen (secondary N) is 1. The third-order valence-corrected chi connectivity index (χ3v) is 3.16. The summed E-state index contributed by atoms with van der Waals surface area (Å²) in [6.45, 7) is 0. The fraction of sp³-hybridized carbons (Fsp3) is 0. The van der Waals surface area contributed by atoms with Gasteiger partial charge in [-0.05, 0) is 46.3 Å². The first-order valence-corrected chi connectivity index (χ1v) is 6.27. The maximum atomic E-state index is 13.3. The highest BCUT2D eigenvalue weighted by Gasteiger charge is 2.10. The van der Waals surface area contributed by atoms with Crippen LogP contribution >= 0.6 is 15.9 Å². The number of hydrogen-bond acceptors (Lipinski definition) is 3. The van der Waals surface area contributed by atoms with E-state index >= 15 is 0 Å². The summed E-state index contributed by atoms with van der Waals surface area (Å²) >= 11 is 3.01. The Kier molecular flexibility index (Phi) is 4.09. The molecule has 5 nitrogen and oxygen atoms in total. The number of rotatable bonds is 3. The van der Waals surface area contributed by atoms with Crippen molar-refractivity contribution < 1.29 is 14.1 Å². The Hall–Kier alpha value is -2.28. The van der Waals surface area contributed by atoms with Crippen molar-refractivity contribution in [2.75, 3.05) is 5.32 Å². The average molecular weight is 339 g/mol. The molecule has 1 N–H and O–H groups in total. The second-order valence-electron chi connectivity index (χ2n) is 3.89. The van der Waals surface area contributed by atoms with E-state index in [2.05, 4.69) is 21.2 Å². The van der Waals surface area contributed by atoms with Gasteiger partial charge in [0, 0.05) is 23.4 Å². The molecule has 0 spiro atoms. The summed E-state index contributed by atoms with van der Waals surface area (Å²) in [6, 6.07) is 9.32. The van der Waals surface area contributed by atoms with E-state index in [0.717, 1.165) is 0 Å². The van der Waals surface area contributed by atoms with Crippen LogP contribution in [0, 0.1) is 15.9 Å². The molecule has 0 aliphatic heterocycles. The molecule has 0 aliphatic carbocycles. The van der Waals surface area contributed by atoms with E-state index in [9.17, 15) is 19.3 Å². The summed E-state index contributed by atoms with van der Waals surface area (Å²) in [6.07, 6.45) is 0. The summed E-state index contributed by atoms with van der Waals surface area (Å²) in [4.78, 5) is 21.8. The van der Waals surface area contributed by atoms with Crippen molar-refractivity contribution in [2.24, 2.45) is 0 Å². The smallest absolute Gasteiger partial charge is 0.269 e. The number of carbonyl (C=O) groups is 1. The molecule has 0 fully saturated rings. The highest BCUT2D eigenvalue weighted by atomic mass is 79.9. The van der Waals surface area contributed by atoms with Gasteiger partial charge in [0.05, 0.1) is 9.40 Å². The van der Waals surface area contributed by atoms with Crippen LogP contribution in [0.5, 0.6) is 0 Å². The van der Waals surface area contributed by atoms with E-state index in [0.29, 0.717) is 10.2 Å². The normalized spacial score (nSPS) is 10.1. The van der Waals surface area contributed by atoms with E-state index in [1.165, 1.54) is 42.5 Å². The van der Waals surface area contributed by atoms with Crippen LogP contribution in [0.25, 0.3) is 0 Å². The Morgan fingerprint density at radius 1 is 1.20 bits per heavy atom. The quantitative estimate of drug-likeness (QED) is 0.684. The van der Waals surface area contributed by atoms with Crippen molar-refractivity contribution in [3.8, 4) is 0 Å². The Bertz CT molecular complexity index is 674. The van der Waals surface area contributed by atoms with E-state index in [4.69, 9.17) is 0 Å². The van der Waals surface area contributed by atoms with Gasteiger partial charge in [0.1, 0.15) is 5.82 Å². The number of carbonyl (C=O) groups excluding carboxylic acids is 1. The van der Waals surface area contributed by atoms with Crippen molar-refractivity contribution in [3.63, 3.8) is 0 Å². The number of halogens is 2. The average Bonchev–Trinajstić information content (AvgIpc) is 2.43. The minimum Gasteiger partial charge on any atom is -0.322 e. The number of nitro groups is 1. The standard InChI is InChI=1S/C13H8BrFN2O3/c14-11-6-3-9(7-12(11)15)16-13(18)8-1-4-10(5-2-8)17(19)20/h1-7H,(H,16,18). The molecule has 0 unspecified atom stereocenters. The lowest BCUT2D eigenvalue weighted by molar-refractivity contribution is -0.384. The number of amides is 1. The molecule has 0 saturated heterocycles.